The maximum Gasteiger partial charge on any atom is 0.162 e. The number of halogens is 4. The highest BCUT2D eigenvalue weighted by Gasteiger charge is 2.21. The minimum absolute atomic E-state index is 0. The molecule has 0 bridgehead atoms. The molecule has 1 aliphatic rings. The van der Waals surface area contributed by atoms with Crippen LogP contribution in [0, 0.1) is 11.6 Å². The lowest BCUT2D eigenvalue weighted by atomic mass is 10.0. The number of hydrogen-bond acceptors (Lipinski definition) is 6. The molecule has 0 amide bonds. The van der Waals surface area contributed by atoms with Gasteiger partial charge in [0, 0.05) is 25.2 Å². The van der Waals surface area contributed by atoms with Gasteiger partial charge in [-0.1, -0.05) is 12.1 Å². The molecule has 1 saturated heterocycles. The van der Waals surface area contributed by atoms with E-state index in [1.807, 2.05) is 18.2 Å². The summed E-state index contributed by atoms with van der Waals surface area (Å²) in [5.74, 6) is -1.66. The van der Waals surface area contributed by atoms with E-state index in [0.29, 0.717) is 12.6 Å². The van der Waals surface area contributed by atoms with Crippen LogP contribution < -0.4 is 10.1 Å². The summed E-state index contributed by atoms with van der Waals surface area (Å²) in [6, 6.07) is 12.0. The molecule has 2 N–H and O–H groups in total. The van der Waals surface area contributed by atoms with Crippen molar-refractivity contribution in [3.63, 3.8) is 0 Å². The molecule has 3 aromatic rings. The number of aliphatic hydroxyl groups excluding tert-OH is 1. The van der Waals surface area contributed by atoms with E-state index < -0.39 is 17.7 Å². The molecule has 1 aromatic heterocycles. The standard InChI is InChI=1S/C22H25F2N3O2S.2BrH/c23-18-6-5-17(11-19(18)24)29-14-16(28)13-27-9-7-15(8-10-27)25-12-22-26-20-3-1-2-4-21(20)30-22;;/h1-6,11,15-16,25,28H,7-10,12-14H2;2*1H/t16-;;/m0../s1. The molecule has 2 heterocycles. The summed E-state index contributed by atoms with van der Waals surface area (Å²) in [5, 5.41) is 14.9. The lowest BCUT2D eigenvalue weighted by Gasteiger charge is -2.33. The summed E-state index contributed by atoms with van der Waals surface area (Å²) < 4.78 is 32.7. The number of hydrogen-bond donors (Lipinski definition) is 2. The predicted molar refractivity (Wildman–Crippen MR) is 134 cm³/mol. The molecule has 4 rings (SSSR count). The third-order valence-electron chi connectivity index (χ3n) is 5.27. The average molecular weight is 595 g/mol. The van der Waals surface area contributed by atoms with Gasteiger partial charge < -0.3 is 20.1 Å². The van der Waals surface area contributed by atoms with E-state index in [9.17, 15) is 13.9 Å². The second-order valence-electron chi connectivity index (χ2n) is 7.57. The number of β-amino-alcohol motifs (C(OH)–C–C–N with tert-alkyl or cyclic N) is 1. The molecule has 0 unspecified atom stereocenters. The fourth-order valence-electron chi connectivity index (χ4n) is 3.66. The first-order chi connectivity index (χ1) is 14.6. The minimum Gasteiger partial charge on any atom is -0.491 e. The molecule has 1 aliphatic heterocycles. The second-order valence-corrected chi connectivity index (χ2v) is 8.69. The Labute approximate surface area is 211 Å². The Morgan fingerprint density at radius 1 is 1.12 bits per heavy atom. The molecule has 32 heavy (non-hydrogen) atoms. The number of thiazole rings is 1. The van der Waals surface area contributed by atoms with Crippen LogP contribution in [0.15, 0.2) is 42.5 Å². The molecule has 1 atom stereocenters. The molecule has 0 spiro atoms. The van der Waals surface area contributed by atoms with Crippen LogP contribution in [0.25, 0.3) is 10.2 Å². The van der Waals surface area contributed by atoms with Crippen molar-refractivity contribution in [1.82, 2.24) is 15.2 Å². The van der Waals surface area contributed by atoms with E-state index in [0.717, 1.165) is 55.1 Å². The Morgan fingerprint density at radius 2 is 1.88 bits per heavy atom. The molecule has 5 nitrogen and oxygen atoms in total. The molecule has 1 fully saturated rings. The zero-order chi connectivity index (χ0) is 20.9. The largest absolute Gasteiger partial charge is 0.491 e. The number of rotatable bonds is 8. The normalized spacial score (nSPS) is 15.7. The van der Waals surface area contributed by atoms with Gasteiger partial charge in [-0.3, -0.25) is 0 Å². The topological polar surface area (TPSA) is 57.6 Å². The van der Waals surface area contributed by atoms with Gasteiger partial charge in [-0.05, 0) is 50.2 Å². The van der Waals surface area contributed by atoms with Crippen molar-refractivity contribution < 1.29 is 18.6 Å². The number of fused-ring (bicyclic) bond motifs is 1. The number of aromatic nitrogens is 1. The number of nitrogens with one attached hydrogen (secondary N) is 1. The number of nitrogens with zero attached hydrogens (tertiary/aromatic N) is 2. The molecule has 0 aliphatic carbocycles. The van der Waals surface area contributed by atoms with Crippen LogP contribution in [0.1, 0.15) is 17.8 Å². The molecule has 2 aromatic carbocycles. The lowest BCUT2D eigenvalue weighted by Crippen LogP contribution is -2.45. The van der Waals surface area contributed by atoms with Crippen LogP contribution in [0.5, 0.6) is 5.75 Å². The van der Waals surface area contributed by atoms with Crippen molar-refractivity contribution in [3.05, 3.63) is 59.1 Å². The van der Waals surface area contributed by atoms with E-state index in [-0.39, 0.29) is 46.3 Å². The van der Waals surface area contributed by atoms with Crippen LogP contribution in [0.3, 0.4) is 0 Å². The third kappa shape index (κ3) is 7.43. The second kappa shape index (κ2) is 12.9. The summed E-state index contributed by atoms with van der Waals surface area (Å²) in [5.41, 5.74) is 1.05. The zero-order valence-corrected chi connectivity index (χ0v) is 21.6. The van der Waals surface area contributed by atoms with E-state index in [1.165, 1.54) is 10.8 Å². The van der Waals surface area contributed by atoms with Gasteiger partial charge in [0.25, 0.3) is 0 Å². The van der Waals surface area contributed by atoms with Gasteiger partial charge in [-0.2, -0.15) is 0 Å². The Kier molecular flexibility index (Phi) is 10.9. The molecule has 10 heteroatoms. The summed E-state index contributed by atoms with van der Waals surface area (Å²) >= 11 is 1.72. The number of aliphatic hydroxyl groups is 1. The van der Waals surface area contributed by atoms with E-state index in [2.05, 4.69) is 21.3 Å². The number of ether oxygens (including phenoxy) is 1. The van der Waals surface area contributed by atoms with Gasteiger partial charge in [-0.15, -0.1) is 45.3 Å². The minimum atomic E-state index is -0.956. The van der Waals surface area contributed by atoms with Crippen molar-refractivity contribution in [1.29, 1.82) is 0 Å². The first kappa shape index (κ1) is 27.1. The van der Waals surface area contributed by atoms with Crippen LogP contribution in [0.4, 0.5) is 8.78 Å². The number of likely N-dealkylation sites (tertiary alicyclic amines) is 1. The van der Waals surface area contributed by atoms with Gasteiger partial charge in [0.15, 0.2) is 11.6 Å². The van der Waals surface area contributed by atoms with Gasteiger partial charge >= 0.3 is 0 Å². The Balaban J connectivity index is 0.00000181. The smallest absolute Gasteiger partial charge is 0.162 e. The summed E-state index contributed by atoms with van der Waals surface area (Å²) in [7, 11) is 0. The average Bonchev–Trinajstić information content (AvgIpc) is 3.17. The highest BCUT2D eigenvalue weighted by Crippen LogP contribution is 2.22. The summed E-state index contributed by atoms with van der Waals surface area (Å²) in [4.78, 5) is 6.86. The molecule has 176 valence electrons. The monoisotopic (exact) mass is 593 g/mol. The fraction of sp³-hybridized carbons (Fsp3) is 0.409. The number of benzene rings is 2. The van der Waals surface area contributed by atoms with E-state index in [4.69, 9.17) is 4.74 Å². The summed E-state index contributed by atoms with van der Waals surface area (Å²) in [6.45, 7) is 3.09. The van der Waals surface area contributed by atoms with Crippen LogP contribution in [-0.2, 0) is 6.54 Å². The maximum absolute atomic E-state index is 13.2. The van der Waals surface area contributed by atoms with Gasteiger partial charge in [0.05, 0.1) is 10.2 Å². The highest BCUT2D eigenvalue weighted by atomic mass is 79.9. The molecular formula is C22H27Br2F2N3O2S. The molecular weight excluding hydrogens is 568 g/mol. The first-order valence-corrected chi connectivity index (χ1v) is 10.9. The van der Waals surface area contributed by atoms with Gasteiger partial charge in [0.1, 0.15) is 23.5 Å². The van der Waals surface area contributed by atoms with Crippen LogP contribution in [-0.4, -0.2) is 53.4 Å². The number of piperidine rings is 1. The predicted octanol–water partition coefficient (Wildman–Crippen LogP) is 4.72. The Hall–Kier alpha value is -1.17. The molecule has 0 radical (unpaired) electrons. The van der Waals surface area contributed by atoms with Gasteiger partial charge in [-0.25, -0.2) is 13.8 Å². The van der Waals surface area contributed by atoms with E-state index >= 15 is 0 Å². The van der Waals surface area contributed by atoms with Gasteiger partial charge in [0.2, 0.25) is 0 Å². The summed E-state index contributed by atoms with van der Waals surface area (Å²) in [6.07, 6.45) is 1.31. The van der Waals surface area contributed by atoms with Crippen molar-refractivity contribution >= 4 is 55.5 Å². The first-order valence-electron chi connectivity index (χ1n) is 10.1. The number of para-hydroxylation sites is 1. The lowest BCUT2D eigenvalue weighted by molar-refractivity contribution is 0.0577. The fourth-order valence-corrected chi connectivity index (χ4v) is 4.57. The van der Waals surface area contributed by atoms with Crippen LogP contribution in [0.2, 0.25) is 0 Å². The maximum atomic E-state index is 13.2. The Morgan fingerprint density at radius 3 is 2.59 bits per heavy atom. The van der Waals surface area contributed by atoms with E-state index in [1.54, 1.807) is 11.3 Å². The quantitative estimate of drug-likeness (QED) is 0.395. The highest BCUT2D eigenvalue weighted by molar-refractivity contribution is 8.93. The van der Waals surface area contributed by atoms with Crippen molar-refractivity contribution in [2.24, 2.45) is 0 Å². The molecule has 0 saturated carbocycles. The SMILES string of the molecule is Br.Br.O[C@H](COc1ccc(F)c(F)c1)CN1CCC(NCc2nc3ccccc3s2)CC1. The van der Waals surface area contributed by atoms with Crippen molar-refractivity contribution in [2.45, 2.75) is 31.5 Å². The van der Waals surface area contributed by atoms with Crippen LogP contribution >= 0.6 is 45.3 Å². The van der Waals surface area contributed by atoms with Crippen molar-refractivity contribution in [2.75, 3.05) is 26.2 Å². The zero-order valence-electron chi connectivity index (χ0n) is 17.4. The third-order valence-corrected chi connectivity index (χ3v) is 6.31. The Bertz CT molecular complexity index is 954. The van der Waals surface area contributed by atoms with Crippen molar-refractivity contribution in [3.8, 4) is 5.75 Å².